The zero-order chi connectivity index (χ0) is 19.2. The molecular weight excluding hydrogens is 344 g/mol. The lowest BCUT2D eigenvalue weighted by Crippen LogP contribution is -2.23. The predicted octanol–water partition coefficient (Wildman–Crippen LogP) is 4.88. The molecule has 0 atom stereocenters. The van der Waals surface area contributed by atoms with E-state index in [-0.39, 0.29) is 5.91 Å². The van der Waals surface area contributed by atoms with Gasteiger partial charge in [-0.3, -0.25) is 9.69 Å². The quantitative estimate of drug-likeness (QED) is 0.671. The second kappa shape index (κ2) is 8.85. The van der Waals surface area contributed by atoms with Crippen molar-refractivity contribution in [2.75, 3.05) is 13.1 Å². The number of hydrogen-bond acceptors (Lipinski definition) is 2. The van der Waals surface area contributed by atoms with E-state index in [0.29, 0.717) is 12.1 Å². The maximum absolute atomic E-state index is 12.8. The van der Waals surface area contributed by atoms with Crippen LogP contribution in [0.3, 0.4) is 0 Å². The molecule has 0 radical (unpaired) electrons. The van der Waals surface area contributed by atoms with Crippen LogP contribution in [0.15, 0.2) is 78.9 Å². The molecule has 4 rings (SSSR count). The standard InChI is InChI=1S/C25H26N2O/c28-25(24-11-5-4-10-23(24)22-8-2-1-3-9-22)26-18-20-12-14-21(15-13-20)19-27-16-6-7-17-27/h1-5,8-15H,6-7,16-19H2,(H,26,28). The zero-order valence-electron chi connectivity index (χ0n) is 16.1. The predicted molar refractivity (Wildman–Crippen MR) is 114 cm³/mol. The second-order valence-corrected chi connectivity index (χ2v) is 7.39. The maximum atomic E-state index is 12.8. The van der Waals surface area contributed by atoms with Crippen LogP contribution in [0.2, 0.25) is 0 Å². The first-order valence-corrected chi connectivity index (χ1v) is 10.0. The minimum absolute atomic E-state index is 0.0411. The summed E-state index contributed by atoms with van der Waals surface area (Å²) in [7, 11) is 0. The van der Waals surface area contributed by atoms with Crippen LogP contribution in [0.1, 0.15) is 34.3 Å². The Morgan fingerprint density at radius 1 is 0.786 bits per heavy atom. The van der Waals surface area contributed by atoms with E-state index in [1.807, 2.05) is 54.6 Å². The normalized spacial score (nSPS) is 14.1. The molecule has 1 aliphatic heterocycles. The molecule has 28 heavy (non-hydrogen) atoms. The summed E-state index contributed by atoms with van der Waals surface area (Å²) in [6.07, 6.45) is 2.63. The van der Waals surface area contributed by atoms with E-state index < -0.39 is 0 Å². The maximum Gasteiger partial charge on any atom is 0.252 e. The van der Waals surface area contributed by atoms with Crippen LogP contribution in [0.4, 0.5) is 0 Å². The summed E-state index contributed by atoms with van der Waals surface area (Å²) < 4.78 is 0. The summed E-state index contributed by atoms with van der Waals surface area (Å²) in [5.41, 5.74) is 5.18. The van der Waals surface area contributed by atoms with Gasteiger partial charge in [0.1, 0.15) is 0 Å². The van der Waals surface area contributed by atoms with Gasteiger partial charge in [0, 0.05) is 18.7 Å². The first-order valence-electron chi connectivity index (χ1n) is 10.0. The molecule has 1 fully saturated rings. The van der Waals surface area contributed by atoms with Gasteiger partial charge in [0.15, 0.2) is 0 Å². The van der Waals surface area contributed by atoms with Crippen molar-refractivity contribution in [2.24, 2.45) is 0 Å². The number of carbonyl (C=O) groups excluding carboxylic acids is 1. The van der Waals surface area contributed by atoms with E-state index in [0.717, 1.165) is 23.2 Å². The van der Waals surface area contributed by atoms with E-state index in [2.05, 4.69) is 34.5 Å². The van der Waals surface area contributed by atoms with Crippen molar-refractivity contribution in [3.05, 3.63) is 95.6 Å². The number of benzene rings is 3. The molecule has 142 valence electrons. The fraction of sp³-hybridized carbons (Fsp3) is 0.240. The number of rotatable bonds is 6. The Bertz CT molecular complexity index is 913. The summed E-state index contributed by atoms with van der Waals surface area (Å²) in [6, 6.07) is 26.4. The average Bonchev–Trinajstić information content (AvgIpc) is 3.27. The third kappa shape index (κ3) is 4.49. The molecule has 1 N–H and O–H groups in total. The number of likely N-dealkylation sites (tertiary alicyclic amines) is 1. The number of hydrogen-bond donors (Lipinski definition) is 1. The van der Waals surface area contributed by atoms with Gasteiger partial charge in [-0.05, 0) is 54.3 Å². The van der Waals surface area contributed by atoms with Crippen LogP contribution in [-0.4, -0.2) is 23.9 Å². The Morgan fingerprint density at radius 2 is 1.43 bits per heavy atom. The molecular formula is C25H26N2O. The molecule has 1 heterocycles. The van der Waals surface area contributed by atoms with Crippen LogP contribution < -0.4 is 5.32 Å². The number of nitrogens with one attached hydrogen (secondary N) is 1. The molecule has 0 saturated carbocycles. The fourth-order valence-electron chi connectivity index (χ4n) is 3.79. The smallest absolute Gasteiger partial charge is 0.252 e. The number of carbonyl (C=O) groups is 1. The Balaban J connectivity index is 1.39. The SMILES string of the molecule is O=C(NCc1ccc(CN2CCCC2)cc1)c1ccccc1-c1ccccc1. The molecule has 1 amide bonds. The van der Waals surface area contributed by atoms with Gasteiger partial charge in [-0.1, -0.05) is 72.8 Å². The lowest BCUT2D eigenvalue weighted by Gasteiger charge is -2.15. The van der Waals surface area contributed by atoms with Gasteiger partial charge in [0.05, 0.1) is 0 Å². The van der Waals surface area contributed by atoms with E-state index in [1.54, 1.807) is 0 Å². The van der Waals surface area contributed by atoms with Crippen molar-refractivity contribution < 1.29 is 4.79 Å². The van der Waals surface area contributed by atoms with Crippen molar-refractivity contribution in [3.63, 3.8) is 0 Å². The summed E-state index contributed by atoms with van der Waals surface area (Å²) in [4.78, 5) is 15.3. The Hall–Kier alpha value is -2.91. The molecule has 0 bridgehead atoms. The fourth-order valence-corrected chi connectivity index (χ4v) is 3.79. The van der Waals surface area contributed by atoms with Crippen molar-refractivity contribution in [1.82, 2.24) is 10.2 Å². The molecule has 1 saturated heterocycles. The van der Waals surface area contributed by atoms with Gasteiger partial charge < -0.3 is 5.32 Å². The molecule has 0 aromatic heterocycles. The summed E-state index contributed by atoms with van der Waals surface area (Å²) >= 11 is 0. The van der Waals surface area contributed by atoms with Crippen LogP contribution >= 0.6 is 0 Å². The molecule has 3 aromatic carbocycles. The monoisotopic (exact) mass is 370 g/mol. The van der Waals surface area contributed by atoms with E-state index in [1.165, 1.54) is 31.5 Å². The van der Waals surface area contributed by atoms with E-state index >= 15 is 0 Å². The number of nitrogens with zero attached hydrogens (tertiary/aromatic N) is 1. The van der Waals surface area contributed by atoms with Gasteiger partial charge in [0.2, 0.25) is 0 Å². The highest BCUT2D eigenvalue weighted by atomic mass is 16.1. The molecule has 3 heteroatoms. The first-order chi connectivity index (χ1) is 13.8. The molecule has 3 aromatic rings. The lowest BCUT2D eigenvalue weighted by molar-refractivity contribution is 0.0951. The van der Waals surface area contributed by atoms with Gasteiger partial charge in [-0.25, -0.2) is 0 Å². The Labute approximate surface area is 167 Å². The zero-order valence-corrected chi connectivity index (χ0v) is 16.1. The molecule has 3 nitrogen and oxygen atoms in total. The van der Waals surface area contributed by atoms with Crippen LogP contribution in [-0.2, 0) is 13.1 Å². The van der Waals surface area contributed by atoms with Gasteiger partial charge >= 0.3 is 0 Å². The molecule has 0 unspecified atom stereocenters. The van der Waals surface area contributed by atoms with Crippen molar-refractivity contribution in [1.29, 1.82) is 0 Å². The topological polar surface area (TPSA) is 32.3 Å². The minimum atomic E-state index is -0.0411. The minimum Gasteiger partial charge on any atom is -0.348 e. The van der Waals surface area contributed by atoms with Crippen molar-refractivity contribution in [2.45, 2.75) is 25.9 Å². The van der Waals surface area contributed by atoms with Crippen LogP contribution in [0.5, 0.6) is 0 Å². The van der Waals surface area contributed by atoms with Crippen LogP contribution in [0.25, 0.3) is 11.1 Å². The van der Waals surface area contributed by atoms with Gasteiger partial charge in [-0.15, -0.1) is 0 Å². The van der Waals surface area contributed by atoms with Crippen LogP contribution in [0, 0.1) is 0 Å². The summed E-state index contributed by atoms with van der Waals surface area (Å²) in [6.45, 7) is 3.97. The van der Waals surface area contributed by atoms with Gasteiger partial charge in [-0.2, -0.15) is 0 Å². The highest BCUT2D eigenvalue weighted by Gasteiger charge is 2.13. The average molecular weight is 370 g/mol. The molecule has 0 aliphatic carbocycles. The largest absolute Gasteiger partial charge is 0.348 e. The Kier molecular flexibility index (Phi) is 5.83. The summed E-state index contributed by atoms with van der Waals surface area (Å²) in [5.74, 6) is -0.0411. The van der Waals surface area contributed by atoms with E-state index in [9.17, 15) is 4.79 Å². The first kappa shape index (κ1) is 18.5. The number of amides is 1. The highest BCUT2D eigenvalue weighted by Crippen LogP contribution is 2.23. The Morgan fingerprint density at radius 3 is 2.18 bits per heavy atom. The lowest BCUT2D eigenvalue weighted by atomic mass is 9.99. The van der Waals surface area contributed by atoms with E-state index in [4.69, 9.17) is 0 Å². The second-order valence-electron chi connectivity index (χ2n) is 7.39. The third-order valence-electron chi connectivity index (χ3n) is 5.34. The molecule has 1 aliphatic rings. The third-order valence-corrected chi connectivity index (χ3v) is 5.34. The molecule has 0 spiro atoms. The highest BCUT2D eigenvalue weighted by molar-refractivity contribution is 6.00. The van der Waals surface area contributed by atoms with Crippen molar-refractivity contribution >= 4 is 5.91 Å². The summed E-state index contributed by atoms with van der Waals surface area (Å²) in [5, 5.41) is 3.07. The van der Waals surface area contributed by atoms with Gasteiger partial charge in [0.25, 0.3) is 5.91 Å². The van der Waals surface area contributed by atoms with Crippen molar-refractivity contribution in [3.8, 4) is 11.1 Å².